The molecule has 1 heterocycles. The summed E-state index contributed by atoms with van der Waals surface area (Å²) in [6.07, 6.45) is 1.45. The van der Waals surface area contributed by atoms with E-state index in [2.05, 4.69) is 27.7 Å². The monoisotopic (exact) mass is 317 g/mol. The van der Waals surface area contributed by atoms with Crippen LogP contribution in [0, 0.1) is 11.3 Å². The predicted molar refractivity (Wildman–Crippen MR) is 90.0 cm³/mol. The largest absolute Gasteiger partial charge is 0.447 e. The Hall–Kier alpha value is -1.84. The summed E-state index contributed by atoms with van der Waals surface area (Å²) in [6.45, 7) is 8.74. The average Bonchev–Trinajstić information content (AvgIpc) is 2.78. The van der Waals surface area contributed by atoms with Crippen molar-refractivity contribution in [2.24, 2.45) is 11.3 Å². The second-order valence-corrected chi connectivity index (χ2v) is 7.62. The summed E-state index contributed by atoms with van der Waals surface area (Å²) in [4.78, 5) is 26.0. The standard InChI is InChI=1S/C19H27NO3/c1-14(2)11-19(3,4)12-17(21)20-16(13-23-18(20)22)10-15-8-6-5-7-9-15/h5-9,14,16H,10-13H2,1-4H3. The molecule has 1 atom stereocenters. The van der Waals surface area contributed by atoms with E-state index in [1.165, 1.54) is 4.90 Å². The summed E-state index contributed by atoms with van der Waals surface area (Å²) < 4.78 is 5.13. The smallest absolute Gasteiger partial charge is 0.416 e. The molecular weight excluding hydrogens is 290 g/mol. The third kappa shape index (κ3) is 4.81. The maximum absolute atomic E-state index is 12.7. The maximum atomic E-state index is 12.7. The maximum Gasteiger partial charge on any atom is 0.416 e. The molecule has 0 bridgehead atoms. The molecule has 1 saturated heterocycles. The SMILES string of the molecule is CC(C)CC(C)(C)CC(=O)N1C(=O)OCC1Cc1ccccc1. The van der Waals surface area contributed by atoms with Gasteiger partial charge in [0, 0.05) is 6.42 Å². The number of hydrogen-bond acceptors (Lipinski definition) is 3. The van der Waals surface area contributed by atoms with Crippen LogP contribution in [0.5, 0.6) is 0 Å². The lowest BCUT2D eigenvalue weighted by atomic mass is 9.80. The zero-order valence-electron chi connectivity index (χ0n) is 14.5. The van der Waals surface area contributed by atoms with Crippen molar-refractivity contribution in [3.05, 3.63) is 35.9 Å². The Morgan fingerprint density at radius 3 is 2.57 bits per heavy atom. The van der Waals surface area contributed by atoms with E-state index in [1.54, 1.807) is 0 Å². The van der Waals surface area contributed by atoms with Gasteiger partial charge in [0.1, 0.15) is 6.61 Å². The summed E-state index contributed by atoms with van der Waals surface area (Å²) in [6, 6.07) is 9.70. The molecule has 2 amide bonds. The molecular formula is C19H27NO3. The van der Waals surface area contributed by atoms with Gasteiger partial charge in [0.25, 0.3) is 0 Å². The molecule has 0 N–H and O–H groups in total. The van der Waals surface area contributed by atoms with Gasteiger partial charge < -0.3 is 4.74 Å². The van der Waals surface area contributed by atoms with Crippen molar-refractivity contribution in [2.45, 2.75) is 53.0 Å². The van der Waals surface area contributed by atoms with Gasteiger partial charge in [0.2, 0.25) is 5.91 Å². The Labute approximate surface area is 138 Å². The van der Waals surface area contributed by atoms with Gasteiger partial charge >= 0.3 is 6.09 Å². The molecule has 1 unspecified atom stereocenters. The second-order valence-electron chi connectivity index (χ2n) is 7.62. The van der Waals surface area contributed by atoms with Gasteiger partial charge in [-0.1, -0.05) is 58.0 Å². The van der Waals surface area contributed by atoms with Crippen LogP contribution in [0.25, 0.3) is 0 Å². The zero-order chi connectivity index (χ0) is 17.0. The van der Waals surface area contributed by atoms with Crippen LogP contribution in [0.4, 0.5) is 4.79 Å². The number of amides is 2. The Balaban J connectivity index is 2.05. The lowest BCUT2D eigenvalue weighted by molar-refractivity contribution is -0.131. The van der Waals surface area contributed by atoms with Gasteiger partial charge in [-0.2, -0.15) is 0 Å². The number of carbonyl (C=O) groups is 2. The van der Waals surface area contributed by atoms with Crippen LogP contribution < -0.4 is 0 Å². The number of benzene rings is 1. The molecule has 126 valence electrons. The molecule has 0 aliphatic carbocycles. The minimum atomic E-state index is -0.503. The van der Waals surface area contributed by atoms with Crippen molar-refractivity contribution in [1.29, 1.82) is 0 Å². The highest BCUT2D eigenvalue weighted by molar-refractivity contribution is 5.93. The highest BCUT2D eigenvalue weighted by Gasteiger charge is 2.39. The highest BCUT2D eigenvalue weighted by Crippen LogP contribution is 2.31. The lowest BCUT2D eigenvalue weighted by Gasteiger charge is -2.29. The van der Waals surface area contributed by atoms with E-state index in [1.807, 2.05) is 30.3 Å². The van der Waals surface area contributed by atoms with E-state index in [9.17, 15) is 9.59 Å². The van der Waals surface area contributed by atoms with Crippen LogP contribution in [0.2, 0.25) is 0 Å². The summed E-state index contributed by atoms with van der Waals surface area (Å²) in [5.41, 5.74) is 0.987. The summed E-state index contributed by atoms with van der Waals surface area (Å²) in [5, 5.41) is 0. The fourth-order valence-electron chi connectivity index (χ4n) is 3.47. The molecule has 2 rings (SSSR count). The first kappa shape index (κ1) is 17.5. The molecule has 1 aliphatic rings. The topological polar surface area (TPSA) is 46.6 Å². The van der Waals surface area contributed by atoms with Crippen molar-refractivity contribution in [1.82, 2.24) is 4.90 Å². The van der Waals surface area contributed by atoms with Gasteiger partial charge in [-0.05, 0) is 29.7 Å². The zero-order valence-corrected chi connectivity index (χ0v) is 14.5. The molecule has 0 saturated carbocycles. The first-order chi connectivity index (χ1) is 10.8. The molecule has 1 fully saturated rings. The lowest BCUT2D eigenvalue weighted by Crippen LogP contribution is -2.42. The van der Waals surface area contributed by atoms with E-state index in [4.69, 9.17) is 4.74 Å². The second kappa shape index (κ2) is 7.16. The van der Waals surface area contributed by atoms with Crippen molar-refractivity contribution < 1.29 is 14.3 Å². The molecule has 4 heteroatoms. The molecule has 1 aromatic carbocycles. The van der Waals surface area contributed by atoms with E-state index in [0.29, 0.717) is 18.8 Å². The van der Waals surface area contributed by atoms with Crippen molar-refractivity contribution in [3.63, 3.8) is 0 Å². The Bertz CT molecular complexity index is 551. The predicted octanol–water partition coefficient (Wildman–Crippen LogP) is 4.04. The number of ether oxygens (including phenoxy) is 1. The van der Waals surface area contributed by atoms with Crippen molar-refractivity contribution in [3.8, 4) is 0 Å². The van der Waals surface area contributed by atoms with Gasteiger partial charge in [-0.3, -0.25) is 4.79 Å². The number of imide groups is 1. The van der Waals surface area contributed by atoms with Crippen molar-refractivity contribution in [2.75, 3.05) is 6.61 Å². The molecule has 1 aliphatic heterocycles. The number of hydrogen-bond donors (Lipinski definition) is 0. The van der Waals surface area contributed by atoms with Crippen LogP contribution in [0.3, 0.4) is 0 Å². The van der Waals surface area contributed by atoms with Crippen LogP contribution in [0.1, 0.15) is 46.1 Å². The highest BCUT2D eigenvalue weighted by atomic mass is 16.6. The normalized spacial score (nSPS) is 18.4. The number of carbonyl (C=O) groups excluding carboxylic acids is 2. The van der Waals surface area contributed by atoms with Crippen molar-refractivity contribution >= 4 is 12.0 Å². The summed E-state index contributed by atoms with van der Waals surface area (Å²) in [5.74, 6) is 0.391. The Morgan fingerprint density at radius 1 is 1.30 bits per heavy atom. The molecule has 0 aromatic heterocycles. The van der Waals surface area contributed by atoms with Crippen LogP contribution in [-0.2, 0) is 16.0 Å². The summed E-state index contributed by atoms with van der Waals surface area (Å²) in [7, 11) is 0. The Kier molecular flexibility index (Phi) is 5.45. The minimum Gasteiger partial charge on any atom is -0.447 e. The number of cyclic esters (lactones) is 1. The molecule has 4 nitrogen and oxygen atoms in total. The van der Waals surface area contributed by atoms with Crippen LogP contribution >= 0.6 is 0 Å². The van der Waals surface area contributed by atoms with Gasteiger partial charge in [0.15, 0.2) is 0 Å². The fourth-order valence-corrected chi connectivity index (χ4v) is 3.47. The van der Waals surface area contributed by atoms with E-state index >= 15 is 0 Å². The first-order valence-electron chi connectivity index (χ1n) is 8.31. The van der Waals surface area contributed by atoms with Gasteiger partial charge in [0.05, 0.1) is 6.04 Å². The number of nitrogens with zero attached hydrogens (tertiary/aromatic N) is 1. The van der Waals surface area contributed by atoms with E-state index < -0.39 is 6.09 Å². The van der Waals surface area contributed by atoms with Gasteiger partial charge in [-0.25, -0.2) is 9.69 Å². The quantitative estimate of drug-likeness (QED) is 0.795. The molecule has 1 aromatic rings. The van der Waals surface area contributed by atoms with E-state index in [-0.39, 0.29) is 24.0 Å². The molecule has 23 heavy (non-hydrogen) atoms. The number of rotatable bonds is 6. The van der Waals surface area contributed by atoms with Crippen LogP contribution in [0.15, 0.2) is 30.3 Å². The van der Waals surface area contributed by atoms with Gasteiger partial charge in [-0.15, -0.1) is 0 Å². The summed E-state index contributed by atoms with van der Waals surface area (Å²) >= 11 is 0. The van der Waals surface area contributed by atoms with E-state index in [0.717, 1.165) is 12.0 Å². The Morgan fingerprint density at radius 2 is 1.96 bits per heavy atom. The minimum absolute atomic E-state index is 0.120. The fraction of sp³-hybridized carbons (Fsp3) is 0.579. The molecule has 0 radical (unpaired) electrons. The first-order valence-corrected chi connectivity index (χ1v) is 8.31. The third-order valence-electron chi connectivity index (χ3n) is 4.13. The average molecular weight is 317 g/mol. The van der Waals surface area contributed by atoms with Crippen LogP contribution in [-0.4, -0.2) is 29.5 Å². The molecule has 0 spiro atoms. The third-order valence-corrected chi connectivity index (χ3v) is 4.13.